The molecule has 1 amide bonds. The highest BCUT2D eigenvalue weighted by Crippen LogP contribution is 2.27. The second-order valence-electron chi connectivity index (χ2n) is 4.82. The van der Waals surface area contributed by atoms with Crippen LogP contribution in [0.2, 0.25) is 0 Å². The summed E-state index contributed by atoms with van der Waals surface area (Å²) in [5.74, 6) is -1.47. The fourth-order valence-electron chi connectivity index (χ4n) is 2.20. The van der Waals surface area contributed by atoms with Crippen LogP contribution in [-0.2, 0) is 4.79 Å². The van der Waals surface area contributed by atoms with Gasteiger partial charge in [0.15, 0.2) is 5.76 Å². The van der Waals surface area contributed by atoms with Crippen LogP contribution in [-0.4, -0.2) is 22.5 Å². The number of hydrogen-bond acceptors (Lipinski definition) is 3. The molecule has 2 rings (SSSR count). The molecule has 0 aliphatic rings. The van der Waals surface area contributed by atoms with Crippen molar-refractivity contribution in [3.63, 3.8) is 0 Å². The Kier molecular flexibility index (Phi) is 4.37. The van der Waals surface area contributed by atoms with Crippen molar-refractivity contribution in [1.29, 1.82) is 0 Å². The number of carboxylic acids is 1. The Labute approximate surface area is 130 Å². The summed E-state index contributed by atoms with van der Waals surface area (Å²) in [6.07, 6.45) is 0.600. The standard InChI is InChI=1S/C15H16BrNO4/c1-3-15(4-2,14(19)20)17-13(18)11-8-9-6-5-7-10(16)12(9)21-11/h5-8H,3-4H2,1-2H3,(H,17,18)(H,19,20). The fourth-order valence-corrected chi connectivity index (χ4v) is 2.66. The van der Waals surface area contributed by atoms with Crippen molar-refractivity contribution in [2.75, 3.05) is 0 Å². The van der Waals surface area contributed by atoms with E-state index >= 15 is 0 Å². The van der Waals surface area contributed by atoms with E-state index in [9.17, 15) is 14.7 Å². The van der Waals surface area contributed by atoms with E-state index in [2.05, 4.69) is 21.2 Å². The minimum Gasteiger partial charge on any atom is -0.480 e. The summed E-state index contributed by atoms with van der Waals surface area (Å²) in [5, 5.41) is 12.7. The van der Waals surface area contributed by atoms with E-state index in [1.165, 1.54) is 0 Å². The van der Waals surface area contributed by atoms with Crippen molar-refractivity contribution in [2.24, 2.45) is 0 Å². The number of carboxylic acid groups (broad SMARTS) is 1. The molecule has 5 nitrogen and oxygen atoms in total. The average Bonchev–Trinajstić information content (AvgIpc) is 2.90. The van der Waals surface area contributed by atoms with Crippen molar-refractivity contribution in [2.45, 2.75) is 32.2 Å². The largest absolute Gasteiger partial charge is 0.480 e. The number of rotatable bonds is 5. The van der Waals surface area contributed by atoms with Crippen molar-refractivity contribution in [1.82, 2.24) is 5.32 Å². The summed E-state index contributed by atoms with van der Waals surface area (Å²) < 4.78 is 6.27. The summed E-state index contributed by atoms with van der Waals surface area (Å²) in [4.78, 5) is 23.7. The summed E-state index contributed by atoms with van der Waals surface area (Å²) in [6, 6.07) is 7.08. The van der Waals surface area contributed by atoms with Gasteiger partial charge in [0.2, 0.25) is 0 Å². The molecule has 0 spiro atoms. The van der Waals surface area contributed by atoms with Gasteiger partial charge >= 0.3 is 5.97 Å². The molecule has 2 aromatic rings. The Morgan fingerprint density at radius 2 is 2.00 bits per heavy atom. The number of halogens is 1. The van der Waals surface area contributed by atoms with Crippen molar-refractivity contribution in [3.05, 3.63) is 34.5 Å². The zero-order chi connectivity index (χ0) is 15.6. The molecule has 0 unspecified atom stereocenters. The van der Waals surface area contributed by atoms with Gasteiger partial charge < -0.3 is 14.8 Å². The number of nitrogens with one attached hydrogen (secondary N) is 1. The second-order valence-corrected chi connectivity index (χ2v) is 5.67. The topological polar surface area (TPSA) is 79.5 Å². The van der Waals surface area contributed by atoms with Gasteiger partial charge in [-0.3, -0.25) is 4.79 Å². The van der Waals surface area contributed by atoms with E-state index in [1.54, 1.807) is 19.9 Å². The zero-order valence-electron chi connectivity index (χ0n) is 11.8. The molecule has 6 heteroatoms. The number of furan rings is 1. The molecule has 21 heavy (non-hydrogen) atoms. The van der Waals surface area contributed by atoms with E-state index in [0.29, 0.717) is 18.4 Å². The average molecular weight is 354 g/mol. The number of fused-ring (bicyclic) bond motifs is 1. The molecular formula is C15H16BrNO4. The second kappa shape index (κ2) is 5.89. The van der Waals surface area contributed by atoms with Crippen LogP contribution in [0.1, 0.15) is 37.2 Å². The van der Waals surface area contributed by atoms with Gasteiger partial charge in [-0.2, -0.15) is 0 Å². The summed E-state index contributed by atoms with van der Waals surface area (Å²) in [7, 11) is 0. The van der Waals surface area contributed by atoms with Crippen molar-refractivity contribution >= 4 is 38.8 Å². The van der Waals surface area contributed by atoms with E-state index in [0.717, 1.165) is 9.86 Å². The molecule has 1 aromatic carbocycles. The Morgan fingerprint density at radius 1 is 1.33 bits per heavy atom. The Morgan fingerprint density at radius 3 is 2.52 bits per heavy atom. The van der Waals surface area contributed by atoms with Crippen LogP contribution in [0, 0.1) is 0 Å². The van der Waals surface area contributed by atoms with Crippen LogP contribution >= 0.6 is 15.9 Å². The molecule has 0 saturated carbocycles. The predicted molar refractivity (Wildman–Crippen MR) is 82.3 cm³/mol. The molecule has 0 bridgehead atoms. The molecule has 0 atom stereocenters. The first-order chi connectivity index (χ1) is 9.93. The van der Waals surface area contributed by atoms with Crippen LogP contribution < -0.4 is 5.32 Å². The monoisotopic (exact) mass is 353 g/mol. The number of carbonyl (C=O) groups is 2. The van der Waals surface area contributed by atoms with Crippen LogP contribution in [0.5, 0.6) is 0 Å². The van der Waals surface area contributed by atoms with Gasteiger partial charge in [0, 0.05) is 5.39 Å². The highest BCUT2D eigenvalue weighted by atomic mass is 79.9. The smallest absolute Gasteiger partial charge is 0.329 e. The third-order valence-electron chi connectivity index (χ3n) is 3.69. The quantitative estimate of drug-likeness (QED) is 0.860. The SMILES string of the molecule is CCC(CC)(NC(=O)c1cc2cccc(Br)c2o1)C(=O)O. The third kappa shape index (κ3) is 2.81. The molecule has 0 fully saturated rings. The molecule has 0 saturated heterocycles. The maximum absolute atomic E-state index is 12.3. The highest BCUT2D eigenvalue weighted by molar-refractivity contribution is 9.10. The van der Waals surface area contributed by atoms with Gasteiger partial charge in [0.25, 0.3) is 5.91 Å². The lowest BCUT2D eigenvalue weighted by atomic mass is 9.93. The van der Waals surface area contributed by atoms with Crippen molar-refractivity contribution < 1.29 is 19.1 Å². The van der Waals surface area contributed by atoms with Crippen LogP contribution in [0.15, 0.2) is 33.2 Å². The number of hydrogen-bond donors (Lipinski definition) is 2. The van der Waals surface area contributed by atoms with Crippen LogP contribution in [0.4, 0.5) is 0 Å². The third-order valence-corrected chi connectivity index (χ3v) is 4.31. The van der Waals surface area contributed by atoms with Gasteiger partial charge in [0.1, 0.15) is 11.1 Å². The summed E-state index contributed by atoms with van der Waals surface area (Å²) >= 11 is 3.35. The molecule has 0 aliphatic carbocycles. The van der Waals surface area contributed by atoms with E-state index in [4.69, 9.17) is 4.42 Å². The molecule has 1 aromatic heterocycles. The number of para-hydroxylation sites is 1. The minimum atomic E-state index is -1.27. The van der Waals surface area contributed by atoms with Gasteiger partial charge in [-0.05, 0) is 40.9 Å². The number of carbonyl (C=O) groups excluding carboxylic acids is 1. The normalized spacial score (nSPS) is 11.6. The molecule has 2 N–H and O–H groups in total. The van der Waals surface area contributed by atoms with Gasteiger partial charge in [0.05, 0.1) is 4.47 Å². The Hall–Kier alpha value is -1.82. The number of aliphatic carboxylic acids is 1. The first-order valence-corrected chi connectivity index (χ1v) is 7.46. The van der Waals surface area contributed by atoms with Gasteiger partial charge in [-0.15, -0.1) is 0 Å². The van der Waals surface area contributed by atoms with Crippen LogP contribution in [0.25, 0.3) is 11.0 Å². The summed E-state index contributed by atoms with van der Waals surface area (Å²) in [6.45, 7) is 3.46. The predicted octanol–water partition coefficient (Wildman–Crippen LogP) is 3.57. The lowest BCUT2D eigenvalue weighted by molar-refractivity contribution is -0.144. The Bertz CT molecular complexity index is 688. The van der Waals surface area contributed by atoms with Gasteiger partial charge in [-0.1, -0.05) is 26.0 Å². The minimum absolute atomic E-state index is 0.101. The zero-order valence-corrected chi connectivity index (χ0v) is 13.4. The summed E-state index contributed by atoms with van der Waals surface area (Å²) in [5.41, 5.74) is -0.704. The highest BCUT2D eigenvalue weighted by Gasteiger charge is 2.37. The first-order valence-electron chi connectivity index (χ1n) is 6.67. The fraction of sp³-hybridized carbons (Fsp3) is 0.333. The molecule has 0 aliphatic heterocycles. The number of benzene rings is 1. The van der Waals surface area contributed by atoms with Gasteiger partial charge in [-0.25, -0.2) is 4.79 Å². The number of amides is 1. The molecular weight excluding hydrogens is 338 g/mol. The molecule has 0 radical (unpaired) electrons. The first kappa shape index (κ1) is 15.6. The van der Waals surface area contributed by atoms with E-state index in [1.807, 2.05) is 18.2 Å². The molecule has 112 valence electrons. The van der Waals surface area contributed by atoms with Crippen molar-refractivity contribution in [3.8, 4) is 0 Å². The lowest BCUT2D eigenvalue weighted by Crippen LogP contribution is -2.53. The maximum atomic E-state index is 12.3. The maximum Gasteiger partial charge on any atom is 0.329 e. The Balaban J connectivity index is 2.34. The van der Waals surface area contributed by atoms with E-state index < -0.39 is 17.4 Å². The van der Waals surface area contributed by atoms with E-state index in [-0.39, 0.29) is 5.76 Å². The van der Waals surface area contributed by atoms with Crippen LogP contribution in [0.3, 0.4) is 0 Å². The molecule has 1 heterocycles. The lowest BCUT2D eigenvalue weighted by Gasteiger charge is -2.27.